The van der Waals surface area contributed by atoms with Crippen molar-refractivity contribution in [1.82, 2.24) is 14.9 Å². The third-order valence-electron chi connectivity index (χ3n) is 6.69. The number of nitrogens with zero attached hydrogens (tertiary/aromatic N) is 2. The van der Waals surface area contributed by atoms with Gasteiger partial charge in [-0.1, -0.05) is 45.0 Å². The van der Waals surface area contributed by atoms with Crippen molar-refractivity contribution in [2.24, 2.45) is 17.1 Å². The number of hydrogen-bond donors (Lipinski definition) is 3. The van der Waals surface area contributed by atoms with Crippen molar-refractivity contribution in [2.75, 3.05) is 18.4 Å². The van der Waals surface area contributed by atoms with E-state index in [9.17, 15) is 4.79 Å². The maximum Gasteiger partial charge on any atom is 0.225 e. The molecule has 3 rings (SSSR count). The SMILES string of the molecule is CC(C)(C)CNCC(C)(C)n1cnc(NC(=O)CCCC(N)C2CCc3ccccc3C2)c1. The van der Waals surface area contributed by atoms with Crippen molar-refractivity contribution < 1.29 is 4.79 Å². The number of hydrogen-bond acceptors (Lipinski definition) is 4. The zero-order chi connectivity index (χ0) is 24.1. The molecule has 6 nitrogen and oxygen atoms in total. The summed E-state index contributed by atoms with van der Waals surface area (Å²) in [5.41, 5.74) is 9.53. The highest BCUT2D eigenvalue weighted by Gasteiger charge is 2.24. The van der Waals surface area contributed by atoms with Crippen LogP contribution in [0.15, 0.2) is 36.8 Å². The molecule has 1 aliphatic carbocycles. The molecule has 1 aromatic carbocycles. The summed E-state index contributed by atoms with van der Waals surface area (Å²) in [4.78, 5) is 16.9. The summed E-state index contributed by atoms with van der Waals surface area (Å²) in [5, 5.41) is 6.49. The second-order valence-corrected chi connectivity index (χ2v) is 11.5. The van der Waals surface area contributed by atoms with Gasteiger partial charge < -0.3 is 20.9 Å². The summed E-state index contributed by atoms with van der Waals surface area (Å²) in [7, 11) is 0. The molecule has 0 spiro atoms. The van der Waals surface area contributed by atoms with Crippen LogP contribution >= 0.6 is 0 Å². The molecular formula is C27H43N5O. The van der Waals surface area contributed by atoms with Gasteiger partial charge in [-0.25, -0.2) is 4.98 Å². The number of fused-ring (bicyclic) bond motifs is 1. The number of nitrogens with one attached hydrogen (secondary N) is 2. The van der Waals surface area contributed by atoms with E-state index in [0.717, 1.165) is 45.2 Å². The zero-order valence-electron chi connectivity index (χ0n) is 21.2. The fraction of sp³-hybridized carbons (Fsp3) is 0.630. The molecule has 1 amide bonds. The van der Waals surface area contributed by atoms with Gasteiger partial charge in [0.25, 0.3) is 0 Å². The summed E-state index contributed by atoms with van der Waals surface area (Å²) in [5.74, 6) is 1.12. The molecule has 0 aliphatic heterocycles. The van der Waals surface area contributed by atoms with Crippen LogP contribution in [0.4, 0.5) is 5.82 Å². The minimum atomic E-state index is -0.132. The minimum absolute atomic E-state index is 0.00473. The number of anilines is 1. The van der Waals surface area contributed by atoms with Crippen molar-refractivity contribution in [3.8, 4) is 0 Å². The molecule has 33 heavy (non-hydrogen) atoms. The summed E-state index contributed by atoms with van der Waals surface area (Å²) in [6, 6.07) is 8.83. The monoisotopic (exact) mass is 453 g/mol. The molecule has 2 aromatic rings. The lowest BCUT2D eigenvalue weighted by molar-refractivity contribution is -0.116. The van der Waals surface area contributed by atoms with Crippen LogP contribution in [0, 0.1) is 11.3 Å². The van der Waals surface area contributed by atoms with Crippen LogP contribution in [-0.4, -0.2) is 34.6 Å². The molecule has 1 aromatic heterocycles. The Morgan fingerprint density at radius 1 is 1.18 bits per heavy atom. The maximum absolute atomic E-state index is 12.5. The van der Waals surface area contributed by atoms with Crippen molar-refractivity contribution >= 4 is 11.7 Å². The van der Waals surface area contributed by atoms with Crippen LogP contribution in [0.1, 0.15) is 71.4 Å². The van der Waals surface area contributed by atoms with E-state index in [1.54, 1.807) is 6.33 Å². The van der Waals surface area contributed by atoms with Crippen molar-refractivity contribution in [3.63, 3.8) is 0 Å². The first kappa shape index (κ1) is 25.4. The quantitative estimate of drug-likeness (QED) is 0.495. The molecule has 182 valence electrons. The van der Waals surface area contributed by atoms with E-state index in [-0.39, 0.29) is 22.9 Å². The number of rotatable bonds is 10. The number of carbonyl (C=O) groups is 1. The summed E-state index contributed by atoms with van der Waals surface area (Å²) >= 11 is 0. The number of aromatic nitrogens is 2. The predicted octanol–water partition coefficient (Wildman–Crippen LogP) is 4.50. The topological polar surface area (TPSA) is 85.0 Å². The van der Waals surface area contributed by atoms with Gasteiger partial charge in [0.15, 0.2) is 5.82 Å². The minimum Gasteiger partial charge on any atom is -0.328 e. The Kier molecular flexibility index (Phi) is 8.35. The molecule has 1 aliphatic rings. The van der Waals surface area contributed by atoms with E-state index in [4.69, 9.17) is 5.73 Å². The summed E-state index contributed by atoms with van der Waals surface area (Å²) in [6.07, 6.45) is 9.17. The molecule has 1 heterocycles. The predicted molar refractivity (Wildman–Crippen MR) is 136 cm³/mol. The van der Waals surface area contributed by atoms with E-state index in [1.165, 1.54) is 11.1 Å². The second-order valence-electron chi connectivity index (χ2n) is 11.5. The van der Waals surface area contributed by atoms with Gasteiger partial charge in [0, 0.05) is 31.7 Å². The number of amides is 1. The molecule has 2 atom stereocenters. The van der Waals surface area contributed by atoms with Crippen LogP contribution < -0.4 is 16.4 Å². The van der Waals surface area contributed by atoms with E-state index >= 15 is 0 Å². The van der Waals surface area contributed by atoms with E-state index in [1.807, 2.05) is 6.20 Å². The molecule has 0 bridgehead atoms. The fourth-order valence-corrected chi connectivity index (χ4v) is 4.58. The average molecular weight is 454 g/mol. The van der Waals surface area contributed by atoms with Gasteiger partial charge in [0.2, 0.25) is 5.91 Å². The molecule has 4 N–H and O–H groups in total. The number of benzene rings is 1. The number of nitrogens with two attached hydrogens (primary N) is 1. The molecule has 0 saturated carbocycles. The van der Waals surface area contributed by atoms with Crippen molar-refractivity contribution in [3.05, 3.63) is 47.9 Å². The zero-order valence-corrected chi connectivity index (χ0v) is 21.2. The van der Waals surface area contributed by atoms with E-state index < -0.39 is 0 Å². The first-order chi connectivity index (χ1) is 15.5. The van der Waals surface area contributed by atoms with Gasteiger partial charge in [-0.15, -0.1) is 0 Å². The highest BCUT2D eigenvalue weighted by molar-refractivity contribution is 5.89. The van der Waals surface area contributed by atoms with Gasteiger partial charge >= 0.3 is 0 Å². The molecule has 0 fully saturated rings. The van der Waals surface area contributed by atoms with Crippen molar-refractivity contribution in [2.45, 2.75) is 84.7 Å². The Hall–Kier alpha value is -2.18. The lowest BCUT2D eigenvalue weighted by atomic mass is 9.79. The first-order valence-electron chi connectivity index (χ1n) is 12.4. The van der Waals surface area contributed by atoms with Crippen LogP contribution in [0.3, 0.4) is 0 Å². The van der Waals surface area contributed by atoms with Gasteiger partial charge in [-0.3, -0.25) is 4.79 Å². The first-order valence-corrected chi connectivity index (χ1v) is 12.4. The Morgan fingerprint density at radius 2 is 1.91 bits per heavy atom. The average Bonchev–Trinajstić information content (AvgIpc) is 3.21. The molecule has 2 unspecified atom stereocenters. The molecule has 0 radical (unpaired) electrons. The highest BCUT2D eigenvalue weighted by atomic mass is 16.1. The Balaban J connectivity index is 1.40. The van der Waals surface area contributed by atoms with Crippen LogP contribution in [0.25, 0.3) is 0 Å². The summed E-state index contributed by atoms with van der Waals surface area (Å²) < 4.78 is 2.06. The standard InChI is InChI=1S/C27H43N5O/c1-26(2,3)17-29-18-27(4,5)32-16-24(30-19-32)31-25(33)12-8-11-23(28)22-14-13-20-9-6-7-10-21(20)15-22/h6-7,9-10,16,19,22-23,29H,8,11-15,17-18,28H2,1-5H3,(H,31,33). The fourth-order valence-electron chi connectivity index (χ4n) is 4.58. The smallest absolute Gasteiger partial charge is 0.225 e. The van der Waals surface area contributed by atoms with Gasteiger partial charge in [-0.2, -0.15) is 0 Å². The molecular weight excluding hydrogens is 410 g/mol. The second kappa shape index (κ2) is 10.8. The van der Waals surface area contributed by atoms with Gasteiger partial charge in [0.1, 0.15) is 0 Å². The Morgan fingerprint density at radius 3 is 2.64 bits per heavy atom. The Labute approximate surface area is 199 Å². The van der Waals surface area contributed by atoms with E-state index in [2.05, 4.69) is 79.1 Å². The van der Waals surface area contributed by atoms with E-state index in [0.29, 0.717) is 18.2 Å². The van der Waals surface area contributed by atoms with Crippen LogP contribution in [0.5, 0.6) is 0 Å². The molecule has 0 saturated heterocycles. The van der Waals surface area contributed by atoms with Gasteiger partial charge in [-0.05, 0) is 68.4 Å². The summed E-state index contributed by atoms with van der Waals surface area (Å²) in [6.45, 7) is 12.8. The third kappa shape index (κ3) is 7.68. The van der Waals surface area contributed by atoms with Gasteiger partial charge in [0.05, 0.1) is 11.9 Å². The van der Waals surface area contributed by atoms with Crippen LogP contribution in [0.2, 0.25) is 0 Å². The number of carbonyl (C=O) groups excluding carboxylic acids is 1. The number of aryl methyl sites for hydroxylation is 1. The third-order valence-corrected chi connectivity index (χ3v) is 6.69. The number of imidazole rings is 1. The maximum atomic E-state index is 12.5. The lowest BCUT2D eigenvalue weighted by Gasteiger charge is -2.29. The largest absolute Gasteiger partial charge is 0.328 e. The molecule has 6 heteroatoms. The van der Waals surface area contributed by atoms with Crippen LogP contribution in [-0.2, 0) is 23.2 Å². The highest BCUT2D eigenvalue weighted by Crippen LogP contribution is 2.28. The Bertz CT molecular complexity index is 911. The normalized spacial score (nSPS) is 17.5. The lowest BCUT2D eigenvalue weighted by Crippen LogP contribution is -2.40. The van der Waals surface area contributed by atoms with Crippen molar-refractivity contribution in [1.29, 1.82) is 0 Å².